The Bertz CT molecular complexity index is 1130. The van der Waals surface area contributed by atoms with Gasteiger partial charge in [0.2, 0.25) is 0 Å². The minimum Gasteiger partial charge on any atom is -0.352 e. The molecule has 5 nitrogen and oxygen atoms in total. The van der Waals surface area contributed by atoms with E-state index in [1.54, 1.807) is 6.20 Å². The van der Waals surface area contributed by atoms with Gasteiger partial charge >= 0.3 is 0 Å². The third kappa shape index (κ3) is 3.90. The van der Waals surface area contributed by atoms with Gasteiger partial charge in [-0.05, 0) is 55.2 Å². The van der Waals surface area contributed by atoms with E-state index in [0.717, 1.165) is 46.3 Å². The number of pyridine rings is 1. The summed E-state index contributed by atoms with van der Waals surface area (Å²) in [6.07, 6.45) is 5.26. The van der Waals surface area contributed by atoms with E-state index in [1.165, 1.54) is 5.56 Å². The number of amides is 1. The van der Waals surface area contributed by atoms with Gasteiger partial charge in [-0.1, -0.05) is 37.3 Å². The van der Waals surface area contributed by atoms with E-state index in [4.69, 9.17) is 4.98 Å². The third-order valence-electron chi connectivity index (χ3n) is 5.20. The first kappa shape index (κ1) is 18.9. The van der Waals surface area contributed by atoms with Crippen molar-refractivity contribution in [3.8, 4) is 5.69 Å². The van der Waals surface area contributed by atoms with E-state index in [1.807, 2.05) is 60.3 Å². The Morgan fingerprint density at radius 1 is 1.07 bits per heavy atom. The Balaban J connectivity index is 1.47. The average molecular weight is 384 g/mol. The zero-order chi connectivity index (χ0) is 20.2. The van der Waals surface area contributed by atoms with Gasteiger partial charge in [0.25, 0.3) is 5.91 Å². The fourth-order valence-corrected chi connectivity index (χ4v) is 3.64. The Morgan fingerprint density at radius 2 is 1.86 bits per heavy atom. The van der Waals surface area contributed by atoms with Gasteiger partial charge < -0.3 is 5.32 Å². The number of para-hydroxylation sites is 1. The number of carbonyl (C=O) groups is 1. The van der Waals surface area contributed by atoms with E-state index in [2.05, 4.69) is 29.5 Å². The summed E-state index contributed by atoms with van der Waals surface area (Å²) in [5, 5.41) is 8.23. The normalized spacial score (nSPS) is 11.0. The number of carbonyl (C=O) groups excluding carboxylic acids is 1. The molecule has 0 aliphatic carbocycles. The SMILES string of the molecule is CCc1nc2ccccc2c(C(=O)NCCc2ccc(-n3cccn3)cc2)c1C. The number of aromatic nitrogens is 3. The molecule has 4 aromatic rings. The molecule has 2 heterocycles. The summed E-state index contributed by atoms with van der Waals surface area (Å²) in [5.41, 5.74) is 5.74. The van der Waals surface area contributed by atoms with Crippen LogP contribution in [0, 0.1) is 6.92 Å². The molecule has 0 radical (unpaired) electrons. The zero-order valence-electron chi connectivity index (χ0n) is 16.7. The molecule has 2 aromatic heterocycles. The van der Waals surface area contributed by atoms with Crippen molar-refractivity contribution in [1.29, 1.82) is 0 Å². The molecule has 29 heavy (non-hydrogen) atoms. The molecule has 2 aromatic carbocycles. The van der Waals surface area contributed by atoms with Gasteiger partial charge in [0.15, 0.2) is 0 Å². The maximum absolute atomic E-state index is 13.0. The quantitative estimate of drug-likeness (QED) is 0.540. The molecule has 0 fully saturated rings. The molecule has 0 aliphatic heterocycles. The maximum Gasteiger partial charge on any atom is 0.252 e. The van der Waals surface area contributed by atoms with Crippen LogP contribution in [0.5, 0.6) is 0 Å². The first-order valence-corrected chi connectivity index (χ1v) is 9.92. The van der Waals surface area contributed by atoms with Crippen molar-refractivity contribution in [2.24, 2.45) is 0 Å². The Kier molecular flexibility index (Phi) is 5.38. The average Bonchev–Trinajstić information content (AvgIpc) is 3.28. The Hall–Kier alpha value is -3.47. The van der Waals surface area contributed by atoms with Gasteiger partial charge in [0.05, 0.1) is 16.8 Å². The van der Waals surface area contributed by atoms with Gasteiger partial charge in [-0.3, -0.25) is 9.78 Å². The first-order chi connectivity index (χ1) is 14.2. The second-order valence-electron chi connectivity index (χ2n) is 7.05. The lowest BCUT2D eigenvalue weighted by atomic mass is 9.99. The van der Waals surface area contributed by atoms with Crippen LogP contribution in [0.3, 0.4) is 0 Å². The topological polar surface area (TPSA) is 59.8 Å². The summed E-state index contributed by atoms with van der Waals surface area (Å²) in [7, 11) is 0. The minimum absolute atomic E-state index is 0.0380. The van der Waals surface area contributed by atoms with E-state index in [-0.39, 0.29) is 5.91 Å². The molecule has 0 aliphatic rings. The van der Waals surface area contributed by atoms with Gasteiger partial charge in [-0.25, -0.2) is 4.68 Å². The summed E-state index contributed by atoms with van der Waals surface area (Å²) >= 11 is 0. The maximum atomic E-state index is 13.0. The minimum atomic E-state index is -0.0380. The van der Waals surface area contributed by atoms with Crippen LogP contribution in [0.4, 0.5) is 0 Å². The molecule has 5 heteroatoms. The van der Waals surface area contributed by atoms with Gasteiger partial charge in [0.1, 0.15) is 0 Å². The fourth-order valence-electron chi connectivity index (χ4n) is 3.64. The zero-order valence-corrected chi connectivity index (χ0v) is 16.7. The summed E-state index contributed by atoms with van der Waals surface area (Å²) in [6.45, 7) is 4.64. The standard InChI is InChI=1S/C24H24N4O/c1-3-21-17(2)23(20-7-4-5-8-22(20)27-21)24(29)25-15-13-18-9-11-19(12-10-18)28-16-6-14-26-28/h4-12,14,16H,3,13,15H2,1-2H3,(H,25,29). The van der Waals surface area contributed by atoms with Crippen LogP contribution in [-0.4, -0.2) is 27.2 Å². The van der Waals surface area contributed by atoms with Crippen LogP contribution >= 0.6 is 0 Å². The number of nitrogens with zero attached hydrogens (tertiary/aromatic N) is 3. The van der Waals surface area contributed by atoms with Crippen molar-refractivity contribution >= 4 is 16.8 Å². The highest BCUT2D eigenvalue weighted by Crippen LogP contribution is 2.23. The molecule has 1 N–H and O–H groups in total. The predicted molar refractivity (Wildman–Crippen MR) is 115 cm³/mol. The third-order valence-corrected chi connectivity index (χ3v) is 5.20. The fraction of sp³-hybridized carbons (Fsp3) is 0.208. The molecule has 146 valence electrons. The smallest absolute Gasteiger partial charge is 0.252 e. The van der Waals surface area contributed by atoms with Gasteiger partial charge in [-0.2, -0.15) is 5.10 Å². The van der Waals surface area contributed by atoms with E-state index >= 15 is 0 Å². The van der Waals surface area contributed by atoms with Gasteiger partial charge in [-0.15, -0.1) is 0 Å². The van der Waals surface area contributed by atoms with E-state index < -0.39 is 0 Å². The molecule has 0 saturated heterocycles. The molecule has 4 rings (SSSR count). The van der Waals surface area contributed by atoms with Crippen LogP contribution in [0.25, 0.3) is 16.6 Å². The lowest BCUT2D eigenvalue weighted by molar-refractivity contribution is 0.0955. The number of rotatable bonds is 6. The van der Waals surface area contributed by atoms with Gasteiger partial charge in [0, 0.05) is 30.0 Å². The van der Waals surface area contributed by atoms with Crippen LogP contribution in [-0.2, 0) is 12.8 Å². The summed E-state index contributed by atoms with van der Waals surface area (Å²) in [6, 6.07) is 18.0. The monoisotopic (exact) mass is 384 g/mol. The molecule has 1 amide bonds. The molecule has 0 atom stereocenters. The van der Waals surface area contributed by atoms with E-state index in [9.17, 15) is 4.79 Å². The molecule has 0 unspecified atom stereocenters. The van der Waals surface area contributed by atoms with Crippen LogP contribution in [0.15, 0.2) is 67.0 Å². The molecular weight excluding hydrogens is 360 g/mol. The second kappa shape index (κ2) is 8.27. The van der Waals surface area contributed by atoms with Crippen molar-refractivity contribution in [2.75, 3.05) is 6.54 Å². The van der Waals surface area contributed by atoms with Crippen LogP contribution < -0.4 is 5.32 Å². The number of fused-ring (bicyclic) bond motifs is 1. The lowest BCUT2D eigenvalue weighted by Crippen LogP contribution is -2.27. The van der Waals surface area contributed by atoms with E-state index in [0.29, 0.717) is 6.54 Å². The first-order valence-electron chi connectivity index (χ1n) is 9.92. The molecular formula is C24H24N4O. The summed E-state index contributed by atoms with van der Waals surface area (Å²) in [4.78, 5) is 17.7. The molecule has 0 saturated carbocycles. The molecule has 0 bridgehead atoms. The molecule has 0 spiro atoms. The summed E-state index contributed by atoms with van der Waals surface area (Å²) in [5.74, 6) is -0.0380. The largest absolute Gasteiger partial charge is 0.352 e. The highest BCUT2D eigenvalue weighted by molar-refractivity contribution is 6.07. The van der Waals surface area contributed by atoms with Crippen molar-refractivity contribution in [3.05, 3.63) is 89.4 Å². The van der Waals surface area contributed by atoms with Crippen molar-refractivity contribution < 1.29 is 4.79 Å². The number of hydrogen-bond acceptors (Lipinski definition) is 3. The van der Waals surface area contributed by atoms with Crippen molar-refractivity contribution in [2.45, 2.75) is 26.7 Å². The summed E-state index contributed by atoms with van der Waals surface area (Å²) < 4.78 is 1.83. The van der Waals surface area contributed by atoms with Crippen LogP contribution in [0.1, 0.15) is 34.1 Å². The Labute approximate surface area is 170 Å². The van der Waals surface area contributed by atoms with Crippen LogP contribution in [0.2, 0.25) is 0 Å². The highest BCUT2D eigenvalue weighted by atomic mass is 16.1. The number of benzene rings is 2. The lowest BCUT2D eigenvalue weighted by Gasteiger charge is -2.14. The highest BCUT2D eigenvalue weighted by Gasteiger charge is 2.16. The number of hydrogen-bond donors (Lipinski definition) is 1. The second-order valence-corrected chi connectivity index (χ2v) is 7.05. The Morgan fingerprint density at radius 3 is 2.59 bits per heavy atom. The predicted octanol–water partition coefficient (Wildman–Crippen LogP) is 4.26. The number of aryl methyl sites for hydroxylation is 1. The van der Waals surface area contributed by atoms with Crippen molar-refractivity contribution in [1.82, 2.24) is 20.1 Å². The van der Waals surface area contributed by atoms with Crippen molar-refractivity contribution in [3.63, 3.8) is 0 Å². The number of nitrogens with one attached hydrogen (secondary N) is 1.